The van der Waals surface area contributed by atoms with Crippen molar-refractivity contribution in [2.75, 3.05) is 6.61 Å². The van der Waals surface area contributed by atoms with Crippen molar-refractivity contribution in [1.29, 1.82) is 0 Å². The highest BCUT2D eigenvalue weighted by molar-refractivity contribution is 7.86. The third-order valence-corrected chi connectivity index (χ3v) is 2.41. The Morgan fingerprint density at radius 3 is 2.65 bits per heavy atom. The predicted octanol–water partition coefficient (Wildman–Crippen LogP) is 0.114. The highest BCUT2D eigenvalue weighted by atomic mass is 32.2. The van der Waals surface area contributed by atoms with Crippen molar-refractivity contribution in [3.8, 4) is 0 Å². The second-order valence-electron chi connectivity index (χ2n) is 2.78. The molecule has 0 amide bonds. The Morgan fingerprint density at radius 1 is 1.53 bits per heavy atom. The van der Waals surface area contributed by atoms with Crippen LogP contribution >= 0.6 is 0 Å². The van der Waals surface area contributed by atoms with E-state index in [1.54, 1.807) is 0 Å². The number of hydrogen-bond donors (Lipinski definition) is 1. The van der Waals surface area contributed by atoms with Crippen molar-refractivity contribution in [3.05, 3.63) is 24.3 Å². The number of alkyl halides is 2. The Balaban J connectivity index is 2.67. The largest absolute Gasteiger partial charge is 0.453 e. The van der Waals surface area contributed by atoms with Crippen LogP contribution in [0.5, 0.6) is 0 Å². The van der Waals surface area contributed by atoms with Crippen LogP contribution in [0, 0.1) is 0 Å². The van der Waals surface area contributed by atoms with E-state index in [0.717, 1.165) is 12.4 Å². The zero-order chi connectivity index (χ0) is 13.1. The second-order valence-corrected chi connectivity index (χ2v) is 4.33. The fourth-order valence-corrected chi connectivity index (χ4v) is 0.917. The molecular weight excluding hydrogens is 262 g/mol. The summed E-state index contributed by atoms with van der Waals surface area (Å²) in [5.41, 5.74) is -0.314. The van der Waals surface area contributed by atoms with Gasteiger partial charge in [-0.15, -0.1) is 0 Å². The van der Waals surface area contributed by atoms with E-state index in [1.165, 1.54) is 6.20 Å². The maximum Gasteiger partial charge on any atom is 0.402 e. The van der Waals surface area contributed by atoms with Crippen LogP contribution in [0.1, 0.15) is 10.5 Å². The third-order valence-electron chi connectivity index (χ3n) is 1.54. The molecule has 94 valence electrons. The van der Waals surface area contributed by atoms with Crippen molar-refractivity contribution in [1.82, 2.24) is 9.97 Å². The Morgan fingerprint density at radius 2 is 2.18 bits per heavy atom. The van der Waals surface area contributed by atoms with Gasteiger partial charge in [-0.05, 0) is 6.07 Å². The van der Waals surface area contributed by atoms with Gasteiger partial charge in [-0.1, -0.05) is 0 Å². The number of carbonyl (C=O) groups excluding carboxylic acids is 1. The number of hydrogen-bond acceptors (Lipinski definition) is 6. The number of carbonyl (C=O) groups is 1. The molecule has 0 unspecified atom stereocenters. The molecule has 7 nitrogen and oxygen atoms in total. The van der Waals surface area contributed by atoms with Gasteiger partial charge in [0.05, 0.1) is 0 Å². The molecule has 10 heteroatoms. The van der Waals surface area contributed by atoms with Gasteiger partial charge >= 0.3 is 21.3 Å². The van der Waals surface area contributed by atoms with Crippen LogP contribution in [0.2, 0.25) is 0 Å². The molecule has 0 aromatic carbocycles. The number of halogens is 2. The van der Waals surface area contributed by atoms with Gasteiger partial charge in [-0.2, -0.15) is 17.2 Å². The van der Waals surface area contributed by atoms with E-state index >= 15 is 0 Å². The Kier molecular flexibility index (Phi) is 3.68. The Labute approximate surface area is 94.2 Å². The molecule has 0 aliphatic heterocycles. The predicted molar refractivity (Wildman–Crippen MR) is 48.8 cm³/mol. The van der Waals surface area contributed by atoms with Crippen molar-refractivity contribution in [3.63, 3.8) is 0 Å². The highest BCUT2D eigenvalue weighted by Gasteiger charge is 2.45. The van der Waals surface area contributed by atoms with Gasteiger partial charge in [0.2, 0.25) is 0 Å². The maximum atomic E-state index is 12.7. The van der Waals surface area contributed by atoms with Gasteiger partial charge in [0.1, 0.15) is 6.33 Å². The lowest BCUT2D eigenvalue weighted by molar-refractivity contribution is -0.00989. The number of ether oxygens (including phenoxy) is 1. The zero-order valence-corrected chi connectivity index (χ0v) is 8.89. The first-order valence-corrected chi connectivity index (χ1v) is 5.46. The molecule has 17 heavy (non-hydrogen) atoms. The summed E-state index contributed by atoms with van der Waals surface area (Å²) in [6.45, 7) is -1.80. The standard InChI is InChI=1S/C7H6F2N2O5S/c8-7(9,17(13,14)15)3-16-6(12)5-1-2-10-4-11-5/h1-2,4H,3H2,(H,13,14,15). The van der Waals surface area contributed by atoms with E-state index < -0.39 is 27.9 Å². The molecule has 1 aromatic rings. The Bertz CT molecular complexity index is 504. The van der Waals surface area contributed by atoms with Crippen molar-refractivity contribution >= 4 is 16.1 Å². The lowest BCUT2D eigenvalue weighted by Gasteiger charge is -2.12. The molecule has 1 heterocycles. The minimum absolute atomic E-state index is 0.314. The van der Waals surface area contributed by atoms with Crippen LogP contribution in [-0.4, -0.2) is 40.8 Å². The fraction of sp³-hybridized carbons (Fsp3) is 0.286. The molecule has 0 spiro atoms. The molecule has 1 N–H and O–H groups in total. The minimum Gasteiger partial charge on any atom is -0.453 e. The molecular formula is C7H6F2N2O5S. The van der Waals surface area contributed by atoms with Gasteiger partial charge in [-0.25, -0.2) is 14.8 Å². The lowest BCUT2D eigenvalue weighted by Crippen LogP contribution is -2.34. The third kappa shape index (κ3) is 3.39. The van der Waals surface area contributed by atoms with Crippen molar-refractivity contribution < 1.29 is 31.3 Å². The first-order valence-electron chi connectivity index (χ1n) is 4.02. The molecule has 0 atom stereocenters. The Hall–Kier alpha value is -1.68. The summed E-state index contributed by atoms with van der Waals surface area (Å²) in [5.74, 6) is -1.25. The summed E-state index contributed by atoms with van der Waals surface area (Å²) in [6.07, 6.45) is 2.15. The molecule has 0 bridgehead atoms. The summed E-state index contributed by atoms with van der Waals surface area (Å²) >= 11 is 0. The second kappa shape index (κ2) is 4.67. The topological polar surface area (TPSA) is 106 Å². The van der Waals surface area contributed by atoms with Gasteiger partial charge in [0, 0.05) is 6.20 Å². The van der Waals surface area contributed by atoms with E-state index in [4.69, 9.17) is 4.55 Å². The van der Waals surface area contributed by atoms with Crippen LogP contribution < -0.4 is 0 Å². The summed E-state index contributed by atoms with van der Waals surface area (Å²) < 4.78 is 57.8. The average Bonchev–Trinajstić information content (AvgIpc) is 2.25. The fourth-order valence-electron chi connectivity index (χ4n) is 0.709. The molecule has 0 aliphatic carbocycles. The quantitative estimate of drug-likeness (QED) is 0.610. The molecule has 0 saturated heterocycles. The monoisotopic (exact) mass is 268 g/mol. The van der Waals surface area contributed by atoms with Crippen molar-refractivity contribution in [2.24, 2.45) is 0 Å². The lowest BCUT2D eigenvalue weighted by atomic mass is 10.4. The molecule has 0 aliphatic rings. The number of rotatable bonds is 4. The zero-order valence-electron chi connectivity index (χ0n) is 8.08. The van der Waals surface area contributed by atoms with Crippen LogP contribution in [0.15, 0.2) is 18.6 Å². The van der Waals surface area contributed by atoms with Crippen LogP contribution in [-0.2, 0) is 14.9 Å². The van der Waals surface area contributed by atoms with E-state index in [1.807, 2.05) is 0 Å². The number of esters is 1. The molecule has 1 rings (SSSR count). The van der Waals surface area contributed by atoms with E-state index in [-0.39, 0.29) is 5.69 Å². The smallest absolute Gasteiger partial charge is 0.402 e. The van der Waals surface area contributed by atoms with Gasteiger partial charge in [-0.3, -0.25) is 4.55 Å². The number of nitrogens with zero attached hydrogens (tertiary/aromatic N) is 2. The van der Waals surface area contributed by atoms with E-state index in [2.05, 4.69) is 14.7 Å². The van der Waals surface area contributed by atoms with Crippen LogP contribution in [0.4, 0.5) is 8.78 Å². The first-order chi connectivity index (χ1) is 7.74. The maximum absolute atomic E-state index is 12.7. The highest BCUT2D eigenvalue weighted by Crippen LogP contribution is 2.20. The number of aromatic nitrogens is 2. The molecule has 0 radical (unpaired) electrons. The summed E-state index contributed by atoms with van der Waals surface area (Å²) in [5, 5.41) is -4.56. The summed E-state index contributed by atoms with van der Waals surface area (Å²) in [6, 6.07) is 1.09. The van der Waals surface area contributed by atoms with Gasteiger partial charge < -0.3 is 4.74 Å². The molecule has 1 aromatic heterocycles. The SMILES string of the molecule is O=C(OCC(F)(F)S(=O)(=O)O)c1ccncn1. The molecule has 0 saturated carbocycles. The van der Waals surface area contributed by atoms with Crippen molar-refractivity contribution in [2.45, 2.75) is 5.25 Å². The molecule has 0 fully saturated rings. The normalized spacial score (nSPS) is 12.2. The van der Waals surface area contributed by atoms with Gasteiger partial charge in [0.25, 0.3) is 0 Å². The van der Waals surface area contributed by atoms with E-state index in [0.29, 0.717) is 0 Å². The minimum atomic E-state index is -5.62. The summed E-state index contributed by atoms with van der Waals surface area (Å²) in [7, 11) is -5.62. The average molecular weight is 268 g/mol. The summed E-state index contributed by atoms with van der Waals surface area (Å²) in [4.78, 5) is 18.0. The van der Waals surface area contributed by atoms with E-state index in [9.17, 15) is 22.0 Å². The first kappa shape index (κ1) is 13.4. The van der Waals surface area contributed by atoms with Crippen LogP contribution in [0.25, 0.3) is 0 Å². The van der Waals surface area contributed by atoms with Gasteiger partial charge in [0.15, 0.2) is 12.3 Å². The van der Waals surface area contributed by atoms with Crippen LogP contribution in [0.3, 0.4) is 0 Å².